The molecule has 5 nitrogen and oxygen atoms in total. The number of nitrogens with zero attached hydrogens (tertiary/aromatic N) is 2. The second-order valence-corrected chi connectivity index (χ2v) is 4.71. The zero-order valence-electron chi connectivity index (χ0n) is 8.96. The van der Waals surface area contributed by atoms with Crippen LogP contribution in [-0.4, -0.2) is 39.9 Å². The molecule has 0 radical (unpaired) electrons. The summed E-state index contributed by atoms with van der Waals surface area (Å²) in [4.78, 5) is 17.1. The Labute approximate surface area is 97.4 Å². The van der Waals surface area contributed by atoms with Gasteiger partial charge in [0.1, 0.15) is 6.04 Å². The van der Waals surface area contributed by atoms with Crippen LogP contribution >= 0.6 is 11.3 Å². The molecule has 0 saturated carbocycles. The summed E-state index contributed by atoms with van der Waals surface area (Å²) in [6.45, 7) is 2.36. The number of hydrogen-bond acceptors (Lipinski definition) is 5. The highest BCUT2D eigenvalue weighted by Crippen LogP contribution is 2.29. The smallest absolute Gasteiger partial charge is 0.326 e. The van der Waals surface area contributed by atoms with E-state index < -0.39 is 18.1 Å². The average Bonchev–Trinajstić information content (AvgIpc) is 2.82. The number of anilines is 1. The zero-order chi connectivity index (χ0) is 11.7. The molecular weight excluding hydrogens is 228 g/mol. The summed E-state index contributed by atoms with van der Waals surface area (Å²) in [5.74, 6) is -0.898. The molecule has 1 aromatic heterocycles. The van der Waals surface area contributed by atoms with Crippen LogP contribution in [0, 0.1) is 0 Å². The molecule has 1 fully saturated rings. The van der Waals surface area contributed by atoms with Crippen LogP contribution in [-0.2, 0) is 11.2 Å². The summed E-state index contributed by atoms with van der Waals surface area (Å²) >= 11 is 1.43. The van der Waals surface area contributed by atoms with Gasteiger partial charge in [-0.05, 0) is 6.42 Å². The topological polar surface area (TPSA) is 73.7 Å². The van der Waals surface area contributed by atoms with Gasteiger partial charge in [0.05, 0.1) is 11.8 Å². The maximum absolute atomic E-state index is 11.0. The number of β-amino-alcohol motifs (C(OH)–C–C–N with tert-alkyl or cyclic N) is 1. The number of carboxylic acids is 1. The highest BCUT2D eigenvalue weighted by Gasteiger charge is 2.37. The number of aliphatic hydroxyl groups is 1. The van der Waals surface area contributed by atoms with E-state index in [0.717, 1.165) is 12.1 Å². The molecule has 6 heteroatoms. The molecular formula is C10H14N2O3S. The largest absolute Gasteiger partial charge is 0.480 e. The Kier molecular flexibility index (Phi) is 3.11. The van der Waals surface area contributed by atoms with Crippen molar-refractivity contribution in [3.63, 3.8) is 0 Å². The number of hydrogen-bond donors (Lipinski definition) is 2. The first-order valence-electron chi connectivity index (χ1n) is 5.23. The Bertz CT molecular complexity index is 393. The summed E-state index contributed by atoms with van der Waals surface area (Å²) in [5, 5.41) is 21.2. The van der Waals surface area contributed by atoms with Gasteiger partial charge < -0.3 is 15.1 Å². The van der Waals surface area contributed by atoms with Crippen LogP contribution in [0.25, 0.3) is 0 Å². The lowest BCUT2D eigenvalue weighted by molar-refractivity contribution is -0.138. The van der Waals surface area contributed by atoms with Crippen LogP contribution < -0.4 is 4.90 Å². The lowest BCUT2D eigenvalue weighted by Crippen LogP contribution is -2.35. The molecule has 88 valence electrons. The molecule has 1 aromatic rings. The van der Waals surface area contributed by atoms with E-state index in [0.29, 0.717) is 11.7 Å². The van der Waals surface area contributed by atoms with E-state index in [1.165, 1.54) is 11.3 Å². The minimum absolute atomic E-state index is 0.274. The maximum Gasteiger partial charge on any atom is 0.326 e. The molecule has 0 bridgehead atoms. The SMILES string of the molecule is CCc1csc(N2CC(O)CC2C(=O)O)n1. The normalized spacial score (nSPS) is 25.0. The molecule has 16 heavy (non-hydrogen) atoms. The van der Waals surface area contributed by atoms with Gasteiger partial charge in [-0.3, -0.25) is 0 Å². The van der Waals surface area contributed by atoms with Gasteiger partial charge in [0.15, 0.2) is 5.13 Å². The number of aromatic nitrogens is 1. The second-order valence-electron chi connectivity index (χ2n) is 3.87. The predicted octanol–water partition coefficient (Wildman–Crippen LogP) is 0.730. The van der Waals surface area contributed by atoms with Crippen molar-refractivity contribution in [3.05, 3.63) is 11.1 Å². The van der Waals surface area contributed by atoms with Crippen LogP contribution in [0.2, 0.25) is 0 Å². The van der Waals surface area contributed by atoms with E-state index in [1.807, 2.05) is 12.3 Å². The van der Waals surface area contributed by atoms with Crippen molar-refractivity contribution >= 4 is 22.4 Å². The van der Waals surface area contributed by atoms with Crippen LogP contribution in [0.3, 0.4) is 0 Å². The van der Waals surface area contributed by atoms with E-state index in [2.05, 4.69) is 4.98 Å². The highest BCUT2D eigenvalue weighted by molar-refractivity contribution is 7.13. The third-order valence-corrected chi connectivity index (χ3v) is 3.64. The van der Waals surface area contributed by atoms with Gasteiger partial charge in [0, 0.05) is 18.3 Å². The summed E-state index contributed by atoms with van der Waals surface area (Å²) in [7, 11) is 0. The summed E-state index contributed by atoms with van der Waals surface area (Å²) in [5.41, 5.74) is 0.963. The van der Waals surface area contributed by atoms with Crippen molar-refractivity contribution in [2.45, 2.75) is 31.9 Å². The molecule has 0 spiro atoms. The minimum atomic E-state index is -0.898. The van der Waals surface area contributed by atoms with Crippen molar-refractivity contribution in [3.8, 4) is 0 Å². The Balaban J connectivity index is 2.21. The van der Waals surface area contributed by atoms with Crippen LogP contribution in [0.4, 0.5) is 5.13 Å². The first-order valence-corrected chi connectivity index (χ1v) is 6.11. The number of rotatable bonds is 3. The monoisotopic (exact) mass is 242 g/mol. The number of thiazole rings is 1. The fourth-order valence-corrected chi connectivity index (χ4v) is 2.82. The van der Waals surface area contributed by atoms with Gasteiger partial charge in [0.25, 0.3) is 0 Å². The Hall–Kier alpha value is -1.14. The maximum atomic E-state index is 11.0. The van der Waals surface area contributed by atoms with Crippen LogP contribution in [0.15, 0.2) is 5.38 Å². The van der Waals surface area contributed by atoms with Crippen molar-refractivity contribution in [2.75, 3.05) is 11.4 Å². The predicted molar refractivity (Wildman–Crippen MR) is 60.9 cm³/mol. The quantitative estimate of drug-likeness (QED) is 0.817. The lowest BCUT2D eigenvalue weighted by atomic mass is 10.2. The van der Waals surface area contributed by atoms with E-state index >= 15 is 0 Å². The summed E-state index contributed by atoms with van der Waals surface area (Å²) in [6.07, 6.45) is 0.538. The Morgan fingerprint density at radius 3 is 3.06 bits per heavy atom. The van der Waals surface area contributed by atoms with Gasteiger partial charge in [-0.25, -0.2) is 9.78 Å². The Morgan fingerprint density at radius 2 is 2.50 bits per heavy atom. The van der Waals surface area contributed by atoms with Crippen LogP contribution in [0.1, 0.15) is 19.0 Å². The summed E-state index contributed by atoms with van der Waals surface area (Å²) in [6, 6.07) is -0.647. The second kappa shape index (κ2) is 4.39. The van der Waals surface area contributed by atoms with Crippen molar-refractivity contribution in [1.82, 2.24) is 4.98 Å². The van der Waals surface area contributed by atoms with Crippen molar-refractivity contribution in [2.24, 2.45) is 0 Å². The number of carboxylic acid groups (broad SMARTS) is 1. The number of aryl methyl sites for hydroxylation is 1. The molecule has 2 heterocycles. The van der Waals surface area contributed by atoms with Gasteiger partial charge in [-0.2, -0.15) is 0 Å². The molecule has 2 N–H and O–H groups in total. The van der Waals surface area contributed by atoms with E-state index in [9.17, 15) is 9.90 Å². The van der Waals surface area contributed by atoms with Gasteiger partial charge in [-0.15, -0.1) is 11.3 Å². The third-order valence-electron chi connectivity index (χ3n) is 2.71. The average molecular weight is 242 g/mol. The highest BCUT2D eigenvalue weighted by atomic mass is 32.1. The molecule has 1 saturated heterocycles. The lowest BCUT2D eigenvalue weighted by Gasteiger charge is -2.19. The first-order chi connectivity index (χ1) is 7.61. The van der Waals surface area contributed by atoms with E-state index in [-0.39, 0.29) is 6.42 Å². The fourth-order valence-electron chi connectivity index (χ4n) is 1.85. The third kappa shape index (κ3) is 2.03. The molecule has 2 atom stereocenters. The Morgan fingerprint density at radius 1 is 1.75 bits per heavy atom. The molecule has 1 aliphatic heterocycles. The zero-order valence-corrected chi connectivity index (χ0v) is 9.78. The first kappa shape index (κ1) is 11.3. The summed E-state index contributed by atoms with van der Waals surface area (Å²) < 4.78 is 0. The molecule has 2 rings (SSSR count). The standard InChI is InChI=1S/C10H14N2O3S/c1-2-6-5-16-10(11-6)12-4-7(13)3-8(12)9(14)15/h5,7-8,13H,2-4H2,1H3,(H,14,15). The van der Waals surface area contributed by atoms with Gasteiger partial charge >= 0.3 is 5.97 Å². The molecule has 0 aliphatic carbocycles. The van der Waals surface area contributed by atoms with Gasteiger partial charge in [0.2, 0.25) is 0 Å². The van der Waals surface area contributed by atoms with E-state index in [1.54, 1.807) is 4.90 Å². The van der Waals surface area contributed by atoms with Gasteiger partial charge in [-0.1, -0.05) is 6.92 Å². The number of carbonyl (C=O) groups is 1. The number of aliphatic carboxylic acids is 1. The minimum Gasteiger partial charge on any atom is -0.480 e. The van der Waals surface area contributed by atoms with Crippen molar-refractivity contribution < 1.29 is 15.0 Å². The van der Waals surface area contributed by atoms with Crippen LogP contribution in [0.5, 0.6) is 0 Å². The fraction of sp³-hybridized carbons (Fsp3) is 0.600. The number of aliphatic hydroxyl groups excluding tert-OH is 1. The molecule has 2 unspecified atom stereocenters. The molecule has 0 aromatic carbocycles. The van der Waals surface area contributed by atoms with Crippen molar-refractivity contribution in [1.29, 1.82) is 0 Å². The molecule has 0 amide bonds. The van der Waals surface area contributed by atoms with E-state index in [4.69, 9.17) is 5.11 Å². The molecule has 1 aliphatic rings.